The van der Waals surface area contributed by atoms with Crippen molar-refractivity contribution in [3.05, 3.63) is 64.7 Å². The highest BCUT2D eigenvalue weighted by atomic mass is 35.5. The van der Waals surface area contributed by atoms with Crippen molar-refractivity contribution < 1.29 is 9.53 Å². The standard InChI is InChI=1S/C25H32ClN5O2/c1-5-22(26)24-29-17(3)28-20-8-6-7-18(13-20)9-10-19-14-21(30-24)11-12-23(19)31-25(32)27-16(2)15-33-4/h5-8,11-14,16-17,28H,9-10,15H2,1-4H3,(H,29,30)(H2,27,31,32)/b22-5+. The molecule has 2 amide bonds. The van der Waals surface area contributed by atoms with Gasteiger partial charge in [-0.3, -0.25) is 0 Å². The Kier molecular flexibility index (Phi) is 8.74. The maximum absolute atomic E-state index is 12.5. The number of halogens is 1. The van der Waals surface area contributed by atoms with Gasteiger partial charge in [0.15, 0.2) is 0 Å². The van der Waals surface area contributed by atoms with Crippen molar-refractivity contribution in [3.8, 4) is 0 Å². The van der Waals surface area contributed by atoms with Gasteiger partial charge in [0.1, 0.15) is 12.0 Å². The number of fused-ring (bicyclic) bond motifs is 4. The fourth-order valence-electron chi connectivity index (χ4n) is 3.66. The van der Waals surface area contributed by atoms with Crippen LogP contribution in [0.3, 0.4) is 0 Å². The number of aryl methyl sites for hydroxylation is 2. The van der Waals surface area contributed by atoms with Crippen LogP contribution in [-0.4, -0.2) is 37.8 Å². The number of nitrogens with zero attached hydrogens (tertiary/aromatic N) is 1. The number of aliphatic imine (C=N–C) groups is 1. The van der Waals surface area contributed by atoms with Gasteiger partial charge in [-0.2, -0.15) is 0 Å². The fourth-order valence-corrected chi connectivity index (χ4v) is 3.76. The number of ether oxygens (including phenoxy) is 1. The Bertz CT molecular complexity index is 1040. The van der Waals surface area contributed by atoms with Crippen molar-refractivity contribution in [1.29, 1.82) is 0 Å². The summed E-state index contributed by atoms with van der Waals surface area (Å²) in [6.07, 6.45) is 3.20. The molecule has 4 bridgehead atoms. The smallest absolute Gasteiger partial charge is 0.319 e. The molecule has 1 aliphatic rings. The van der Waals surface area contributed by atoms with Gasteiger partial charge < -0.3 is 26.0 Å². The maximum Gasteiger partial charge on any atom is 0.319 e. The molecule has 0 spiro atoms. The molecule has 33 heavy (non-hydrogen) atoms. The van der Waals surface area contributed by atoms with Gasteiger partial charge in [-0.1, -0.05) is 29.8 Å². The zero-order valence-electron chi connectivity index (χ0n) is 19.5. The molecule has 0 aromatic heterocycles. The normalized spacial score (nSPS) is 18.8. The number of allylic oxidation sites excluding steroid dienone is 1. The Balaban J connectivity index is 1.94. The molecule has 8 heteroatoms. The minimum Gasteiger partial charge on any atom is -0.383 e. The molecule has 2 aromatic rings. The van der Waals surface area contributed by atoms with Crippen LogP contribution in [0.15, 0.2) is 58.6 Å². The number of methoxy groups -OCH3 is 1. The van der Waals surface area contributed by atoms with E-state index in [9.17, 15) is 4.79 Å². The lowest BCUT2D eigenvalue weighted by Gasteiger charge is -2.18. The van der Waals surface area contributed by atoms with E-state index in [1.54, 1.807) is 13.2 Å². The number of carbonyl (C=O) groups is 1. The van der Waals surface area contributed by atoms with E-state index < -0.39 is 0 Å². The zero-order valence-corrected chi connectivity index (χ0v) is 20.3. The first-order valence-electron chi connectivity index (χ1n) is 11.1. The van der Waals surface area contributed by atoms with Crippen molar-refractivity contribution in [2.75, 3.05) is 29.7 Å². The van der Waals surface area contributed by atoms with E-state index in [4.69, 9.17) is 21.3 Å². The van der Waals surface area contributed by atoms with Gasteiger partial charge in [0, 0.05) is 24.2 Å². The average Bonchev–Trinajstić information content (AvgIpc) is 2.78. The Morgan fingerprint density at radius 3 is 2.85 bits per heavy atom. The number of amides is 2. The summed E-state index contributed by atoms with van der Waals surface area (Å²) in [7, 11) is 1.61. The highest BCUT2D eigenvalue weighted by Crippen LogP contribution is 2.25. The van der Waals surface area contributed by atoms with Crippen molar-refractivity contribution in [2.24, 2.45) is 4.99 Å². The van der Waals surface area contributed by atoms with Crippen LogP contribution in [0, 0.1) is 0 Å². The quantitative estimate of drug-likeness (QED) is 0.475. The Hall–Kier alpha value is -3.03. The molecule has 4 N–H and O–H groups in total. The summed E-state index contributed by atoms with van der Waals surface area (Å²) in [5.74, 6) is 0.576. The first-order valence-corrected chi connectivity index (χ1v) is 11.5. The maximum atomic E-state index is 12.5. The summed E-state index contributed by atoms with van der Waals surface area (Å²) >= 11 is 6.45. The third kappa shape index (κ3) is 7.23. The minimum atomic E-state index is -0.265. The van der Waals surface area contributed by atoms with Gasteiger partial charge in [-0.05, 0) is 75.1 Å². The Morgan fingerprint density at radius 2 is 2.09 bits per heavy atom. The minimum absolute atomic E-state index is 0.0972. The zero-order chi connectivity index (χ0) is 23.8. The van der Waals surface area contributed by atoms with E-state index in [0.717, 1.165) is 35.5 Å². The van der Waals surface area contributed by atoms with E-state index in [-0.39, 0.29) is 18.2 Å². The number of hydrogen-bond donors (Lipinski definition) is 4. The van der Waals surface area contributed by atoms with Crippen molar-refractivity contribution >= 4 is 40.5 Å². The van der Waals surface area contributed by atoms with E-state index in [1.807, 2.05) is 51.1 Å². The van der Waals surface area contributed by atoms with Gasteiger partial charge >= 0.3 is 6.03 Å². The molecular formula is C25H32ClN5O2. The van der Waals surface area contributed by atoms with E-state index >= 15 is 0 Å². The number of nitrogens with one attached hydrogen (secondary N) is 4. The molecular weight excluding hydrogens is 438 g/mol. The molecule has 1 aliphatic heterocycles. The van der Waals surface area contributed by atoms with Crippen LogP contribution in [0.1, 0.15) is 31.9 Å². The largest absolute Gasteiger partial charge is 0.383 e. The highest BCUT2D eigenvalue weighted by molar-refractivity contribution is 6.44. The molecule has 2 unspecified atom stereocenters. The third-order valence-electron chi connectivity index (χ3n) is 5.20. The van der Waals surface area contributed by atoms with E-state index in [1.165, 1.54) is 5.56 Å². The summed E-state index contributed by atoms with van der Waals surface area (Å²) in [5, 5.41) is 13.2. The Morgan fingerprint density at radius 1 is 1.27 bits per heavy atom. The molecule has 176 valence electrons. The topological polar surface area (TPSA) is 86.8 Å². The molecule has 1 heterocycles. The lowest BCUT2D eigenvalue weighted by molar-refractivity contribution is 0.173. The monoisotopic (exact) mass is 469 g/mol. The lowest BCUT2D eigenvalue weighted by atomic mass is 10.0. The molecule has 0 saturated carbocycles. The number of rotatable bonds is 5. The lowest BCUT2D eigenvalue weighted by Crippen LogP contribution is -2.38. The summed E-state index contributed by atoms with van der Waals surface area (Å²) in [6, 6.07) is 13.8. The summed E-state index contributed by atoms with van der Waals surface area (Å²) in [6.45, 7) is 6.19. The van der Waals surface area contributed by atoms with Crippen molar-refractivity contribution in [3.63, 3.8) is 0 Å². The second-order valence-corrected chi connectivity index (χ2v) is 8.49. The first kappa shape index (κ1) is 24.6. The molecule has 7 nitrogen and oxygen atoms in total. The van der Waals surface area contributed by atoms with Crippen molar-refractivity contribution in [1.82, 2.24) is 5.32 Å². The van der Waals surface area contributed by atoms with Crippen LogP contribution in [0.4, 0.5) is 21.9 Å². The molecule has 2 aromatic carbocycles. The SMILES string of the molecule is C/C=C(Cl)\C1=N/C(C)Nc2cccc(c2)CCc2cc(ccc2NC(=O)NC(C)COC)N1. The number of hydrogen-bond acceptors (Lipinski definition) is 5. The average molecular weight is 470 g/mol. The van der Waals surface area contributed by atoms with Gasteiger partial charge in [0.05, 0.1) is 17.7 Å². The predicted molar refractivity (Wildman–Crippen MR) is 138 cm³/mol. The number of urea groups is 1. The van der Waals surface area contributed by atoms with Gasteiger partial charge in [-0.25, -0.2) is 9.79 Å². The molecule has 0 saturated heterocycles. The van der Waals surface area contributed by atoms with Crippen LogP contribution in [0.2, 0.25) is 0 Å². The fraction of sp³-hybridized carbons (Fsp3) is 0.360. The molecule has 0 radical (unpaired) electrons. The van der Waals surface area contributed by atoms with Crippen LogP contribution >= 0.6 is 11.6 Å². The van der Waals surface area contributed by atoms with Crippen LogP contribution in [0.25, 0.3) is 0 Å². The third-order valence-corrected chi connectivity index (χ3v) is 5.60. The van der Waals surface area contributed by atoms with Gasteiger partial charge in [-0.15, -0.1) is 0 Å². The molecule has 0 fully saturated rings. The highest BCUT2D eigenvalue weighted by Gasteiger charge is 2.14. The van der Waals surface area contributed by atoms with Crippen LogP contribution < -0.4 is 21.3 Å². The first-order chi connectivity index (χ1) is 15.9. The molecule has 3 rings (SSSR count). The number of anilines is 3. The van der Waals surface area contributed by atoms with Crippen LogP contribution in [0.5, 0.6) is 0 Å². The number of benzene rings is 2. The van der Waals surface area contributed by atoms with E-state index in [2.05, 4.69) is 33.4 Å². The van der Waals surface area contributed by atoms with Crippen LogP contribution in [-0.2, 0) is 17.6 Å². The van der Waals surface area contributed by atoms with Crippen molar-refractivity contribution in [2.45, 2.75) is 45.8 Å². The molecule has 2 atom stereocenters. The molecule has 0 aliphatic carbocycles. The van der Waals surface area contributed by atoms with Gasteiger partial charge in [0.25, 0.3) is 0 Å². The second kappa shape index (κ2) is 11.7. The summed E-state index contributed by atoms with van der Waals surface area (Å²) in [5.41, 5.74) is 4.81. The number of amidine groups is 1. The number of carbonyl (C=O) groups excluding carboxylic acids is 1. The second-order valence-electron chi connectivity index (χ2n) is 8.09. The summed E-state index contributed by atoms with van der Waals surface area (Å²) in [4.78, 5) is 17.2. The predicted octanol–water partition coefficient (Wildman–Crippen LogP) is 5.35. The Labute approximate surface area is 200 Å². The van der Waals surface area contributed by atoms with E-state index in [0.29, 0.717) is 17.5 Å². The van der Waals surface area contributed by atoms with Gasteiger partial charge in [0.2, 0.25) is 0 Å². The summed E-state index contributed by atoms with van der Waals surface area (Å²) < 4.78 is 5.10.